The Labute approximate surface area is 421 Å². The van der Waals surface area contributed by atoms with Crippen LogP contribution in [0.2, 0.25) is 0 Å². The molecule has 0 N–H and O–H groups in total. The van der Waals surface area contributed by atoms with E-state index in [1.807, 2.05) is 12.1 Å². The first kappa shape index (κ1) is 42.9. The average molecular weight is 878 g/mol. The molecule has 1 aliphatic rings. The van der Waals surface area contributed by atoms with Crippen molar-refractivity contribution in [2.45, 2.75) is 6.92 Å². The highest BCUT2D eigenvalue weighted by atomic mass is 19.1. The molecule has 0 saturated heterocycles. The van der Waals surface area contributed by atoms with E-state index in [0.717, 1.165) is 5.56 Å². The second-order valence-corrected chi connectivity index (χ2v) is 19.6. The highest BCUT2D eigenvalue weighted by Crippen LogP contribution is 2.58. The number of rotatable bonds is 6. The lowest BCUT2D eigenvalue weighted by atomic mass is 8.56. The summed E-state index contributed by atoms with van der Waals surface area (Å²) in [6.07, 6.45) is -2.15. The number of hydrogen-bond donors (Lipinski definition) is 0. The molecule has 0 bridgehead atoms. The quantitative estimate of drug-likeness (QED) is 0.0887. The summed E-state index contributed by atoms with van der Waals surface area (Å²) in [6, 6.07) is 62.1. The summed E-state index contributed by atoms with van der Waals surface area (Å²) in [6.45, 7) is 2.26. The second-order valence-electron chi connectivity index (χ2n) is 19.6. The fourth-order valence-corrected chi connectivity index (χ4v) is 13.0. The van der Waals surface area contributed by atoms with Gasteiger partial charge in [-0.25, -0.2) is 4.39 Å². The first-order chi connectivity index (χ1) is 34.6. The van der Waals surface area contributed by atoms with Crippen LogP contribution < -0.4 is 0 Å². The van der Waals surface area contributed by atoms with Gasteiger partial charge in [-0.05, 0) is 177 Å². The summed E-state index contributed by atoms with van der Waals surface area (Å²) in [5.74, 6) is -0.195. The van der Waals surface area contributed by atoms with Crippen LogP contribution in [0.5, 0.6) is 0 Å². The molecule has 0 nitrogen and oxygen atoms in total. The Kier molecular flexibility index (Phi) is 9.56. The molecule has 0 atom stereocenters. The predicted octanol–water partition coefficient (Wildman–Crippen LogP) is 12.8. The van der Waals surface area contributed by atoms with Crippen LogP contribution in [0.4, 0.5) is 4.39 Å². The van der Waals surface area contributed by atoms with E-state index in [4.69, 9.17) is 46.4 Å². The molecule has 12 heteroatoms. The smallest absolute Gasteiger partial charge is 0.131 e. The van der Waals surface area contributed by atoms with Crippen molar-refractivity contribution in [3.8, 4) is 44.5 Å². The number of benzene rings is 12. The molecular weight excluding hydrogens is 847 g/mol. The van der Waals surface area contributed by atoms with Crippen LogP contribution in [0.1, 0.15) is 5.56 Å². The number of aryl methyl sites for hydroxylation is 1. The van der Waals surface area contributed by atoms with Crippen LogP contribution in [-0.4, -0.2) is 79.0 Å². The van der Waals surface area contributed by atoms with E-state index in [2.05, 4.69) is 153 Å². The molecule has 14 aromatic rings. The topological polar surface area (TPSA) is 0 Å². The largest absolute Gasteiger partial charge is 0.206 e. The molecule has 307 valence electrons. The molecule has 0 fully saturated rings. The Bertz CT molecular complexity index is 4500. The molecule has 14 aromatic carbocycles. The third-order valence-electron chi connectivity index (χ3n) is 16.0. The molecule has 0 unspecified atom stereocenters. The van der Waals surface area contributed by atoms with Gasteiger partial charge < -0.3 is 0 Å². The van der Waals surface area contributed by atoms with Crippen LogP contribution in [-0.2, 0) is 0 Å². The standard InChI is InChI=1S/C59H31F.B11/c1-30-10-2-4-12-33(30)50-48-29-31-11-3-5-14-35(31)51-37-15-6-7-16-38(37)56(59(48)51)58-46-27-25-43-41-22-23-44-47-28-32(34-13-8-9-17-49(34)60)18-19-36(47)39-20-21-40(53(41)52(39)44)42-24-26-45(57(50)58)55(46)54(42)43;1-7-10(6)11(8(2)3)9(4)5/h2-29H,1H3;. The van der Waals surface area contributed by atoms with Gasteiger partial charge in [0.05, 0.1) is 0 Å². The van der Waals surface area contributed by atoms with Crippen molar-refractivity contribution < 1.29 is 4.39 Å². The zero-order valence-electron chi connectivity index (χ0n) is 38.9. The summed E-state index contributed by atoms with van der Waals surface area (Å²) in [7, 11) is 33.5. The van der Waals surface area contributed by atoms with Crippen molar-refractivity contribution in [2.75, 3.05) is 0 Å². The van der Waals surface area contributed by atoms with E-state index < -0.39 is 19.2 Å². The summed E-state index contributed by atoms with van der Waals surface area (Å²) in [5, 5.41) is 26.5. The highest BCUT2D eigenvalue weighted by molar-refractivity contribution is 8.02. The summed E-state index contributed by atoms with van der Waals surface area (Å²) in [5.41, 5.74) is 10.3. The van der Waals surface area contributed by atoms with E-state index in [0.29, 0.717) is 5.56 Å². The van der Waals surface area contributed by atoms with Gasteiger partial charge >= 0.3 is 0 Å². The molecule has 1 aliphatic carbocycles. The van der Waals surface area contributed by atoms with Crippen molar-refractivity contribution in [1.29, 1.82) is 0 Å². The van der Waals surface area contributed by atoms with Crippen LogP contribution in [0.3, 0.4) is 0 Å². The Morgan fingerprint density at radius 2 is 0.831 bits per heavy atom. The van der Waals surface area contributed by atoms with Gasteiger partial charge in [0.15, 0.2) is 0 Å². The van der Waals surface area contributed by atoms with E-state index in [9.17, 15) is 0 Å². The number of halogens is 1. The van der Waals surface area contributed by atoms with Gasteiger partial charge in [0.2, 0.25) is 0 Å². The van der Waals surface area contributed by atoms with Crippen LogP contribution in [0, 0.1) is 12.7 Å². The molecule has 0 aromatic heterocycles. The molecule has 0 saturated carbocycles. The van der Waals surface area contributed by atoms with Gasteiger partial charge in [-0.2, -0.15) is 0 Å². The van der Waals surface area contributed by atoms with E-state index in [-0.39, 0.29) is 12.2 Å². The normalized spacial score (nSPS) is 12.1. The lowest BCUT2D eigenvalue weighted by Gasteiger charge is -2.25. The lowest BCUT2D eigenvalue weighted by Crippen LogP contribution is -2.63. The molecule has 71 heavy (non-hydrogen) atoms. The molecule has 0 amide bonds. The van der Waals surface area contributed by atoms with Crippen molar-refractivity contribution in [2.24, 2.45) is 0 Å². The summed E-state index contributed by atoms with van der Waals surface area (Å²) >= 11 is 0. The van der Waals surface area contributed by atoms with Gasteiger partial charge in [-0.15, -0.1) is 0 Å². The van der Waals surface area contributed by atoms with Crippen molar-refractivity contribution >= 4 is 187 Å². The first-order valence-corrected chi connectivity index (χ1v) is 24.3. The van der Waals surface area contributed by atoms with Crippen molar-refractivity contribution in [1.82, 2.24) is 0 Å². The molecule has 0 aliphatic heterocycles. The Balaban J connectivity index is 0.000000386. The third kappa shape index (κ3) is 5.88. The van der Waals surface area contributed by atoms with Crippen LogP contribution in [0.25, 0.3) is 152 Å². The van der Waals surface area contributed by atoms with Gasteiger partial charge in [0, 0.05) is 84.6 Å². The fraction of sp³-hybridized carbons (Fsp3) is 0.0169. The first-order valence-electron chi connectivity index (χ1n) is 24.3. The van der Waals surface area contributed by atoms with Gasteiger partial charge in [-0.1, -0.05) is 152 Å². The zero-order valence-corrected chi connectivity index (χ0v) is 38.9. The molecule has 0 heterocycles. The fourth-order valence-electron chi connectivity index (χ4n) is 13.0. The van der Waals surface area contributed by atoms with Gasteiger partial charge in [0.1, 0.15) is 5.82 Å². The number of hydrogen-bond acceptors (Lipinski definition) is 0. The maximum atomic E-state index is 15.0. The lowest BCUT2D eigenvalue weighted by molar-refractivity contribution is 0.631. The van der Waals surface area contributed by atoms with E-state index >= 15 is 4.39 Å². The Morgan fingerprint density at radius 1 is 0.366 bits per heavy atom. The maximum absolute atomic E-state index is 15.0. The summed E-state index contributed by atoms with van der Waals surface area (Å²) < 4.78 is 15.0. The van der Waals surface area contributed by atoms with Gasteiger partial charge in [-0.3, -0.25) is 0 Å². The molecule has 0 spiro atoms. The Hall–Kier alpha value is -6.90. The van der Waals surface area contributed by atoms with Crippen molar-refractivity contribution in [3.63, 3.8) is 0 Å². The molecular formula is C59H31B11F. The summed E-state index contributed by atoms with van der Waals surface area (Å²) in [4.78, 5) is 0. The average Bonchev–Trinajstić information content (AvgIpc) is 4.03. The van der Waals surface area contributed by atoms with Crippen LogP contribution in [0.15, 0.2) is 170 Å². The minimum Gasteiger partial charge on any atom is -0.206 e. The molecule has 13 radical (unpaired) electrons. The SMILES string of the molecule is Cc1ccccc1-c1c2cc3ccccc3c3c4ccccc4c(c4c5ccc6c7ccc8c9c(ccc(c%10ccc(c14)c5c%106)c97)-c1ccc(-c4ccccc4F)cc1-8)c23.[B][B]B([B])B(B([B])[B])B([B])[B]. The molecule has 15 rings (SSSR count). The maximum Gasteiger partial charge on any atom is 0.131 e. The Morgan fingerprint density at radius 3 is 1.48 bits per heavy atom. The minimum atomic E-state index is -0.648. The highest BCUT2D eigenvalue weighted by Gasteiger charge is 2.31. The van der Waals surface area contributed by atoms with Gasteiger partial charge in [0.25, 0.3) is 0 Å². The predicted molar refractivity (Wildman–Crippen MR) is 318 cm³/mol. The van der Waals surface area contributed by atoms with Crippen LogP contribution >= 0.6 is 0 Å². The third-order valence-corrected chi connectivity index (χ3v) is 16.0. The second kappa shape index (κ2) is 15.8. The zero-order chi connectivity index (χ0) is 48.1. The van der Waals surface area contributed by atoms with E-state index in [1.165, 1.54) is 154 Å². The monoisotopic (exact) mass is 879 g/mol. The van der Waals surface area contributed by atoms with E-state index in [1.54, 1.807) is 12.1 Å². The minimum absolute atomic E-state index is 0.195. The number of fused-ring (bicyclic) bond motifs is 14. The van der Waals surface area contributed by atoms with Crippen molar-refractivity contribution in [3.05, 3.63) is 181 Å².